The second-order valence-corrected chi connectivity index (χ2v) is 4.75. The number of aliphatic hydroxyl groups excluding tert-OH is 1. The fourth-order valence-corrected chi connectivity index (χ4v) is 2.73. The van der Waals surface area contributed by atoms with Crippen LogP contribution in [0.1, 0.15) is 44.8 Å². The molecule has 0 aromatic heterocycles. The summed E-state index contributed by atoms with van der Waals surface area (Å²) in [5.41, 5.74) is 1.30. The van der Waals surface area contributed by atoms with E-state index in [-0.39, 0.29) is 5.82 Å². The average molecular weight is 237 g/mol. The third-order valence-corrected chi connectivity index (χ3v) is 3.60. The maximum absolute atomic E-state index is 14.0. The fourth-order valence-electron chi connectivity index (χ4n) is 2.73. The number of rotatable bonds is 3. The van der Waals surface area contributed by atoms with Gasteiger partial charge in [0.1, 0.15) is 5.82 Å². The molecule has 94 valence electrons. The van der Waals surface area contributed by atoms with E-state index >= 15 is 0 Å². The van der Waals surface area contributed by atoms with Gasteiger partial charge in [-0.25, -0.2) is 4.39 Å². The molecule has 2 rings (SSSR count). The van der Waals surface area contributed by atoms with Crippen LogP contribution in [0.4, 0.5) is 10.1 Å². The molecular formula is C14H20FNO. The van der Waals surface area contributed by atoms with Gasteiger partial charge in [-0.15, -0.1) is 0 Å². The molecule has 0 saturated carbocycles. The Bertz CT molecular complexity index is 392. The summed E-state index contributed by atoms with van der Waals surface area (Å²) in [5, 5.41) is 9.75. The monoisotopic (exact) mass is 237 g/mol. The largest absolute Gasteiger partial charge is 0.389 e. The number of hydrogen-bond acceptors (Lipinski definition) is 2. The van der Waals surface area contributed by atoms with E-state index in [2.05, 4.69) is 11.8 Å². The first kappa shape index (κ1) is 12.4. The molecule has 2 atom stereocenters. The number of halogens is 1. The SMILES string of the molecule is CCC1CCCN1c1c(F)cccc1[C@H](C)O. The Morgan fingerprint density at radius 3 is 2.94 bits per heavy atom. The topological polar surface area (TPSA) is 23.5 Å². The van der Waals surface area contributed by atoms with E-state index in [9.17, 15) is 9.50 Å². The van der Waals surface area contributed by atoms with Crippen molar-refractivity contribution in [2.45, 2.75) is 45.3 Å². The van der Waals surface area contributed by atoms with Crippen molar-refractivity contribution in [3.8, 4) is 0 Å². The first-order chi connectivity index (χ1) is 8.15. The molecule has 3 heteroatoms. The van der Waals surface area contributed by atoms with E-state index < -0.39 is 6.10 Å². The number of aliphatic hydroxyl groups is 1. The predicted octanol–water partition coefficient (Wildman–Crippen LogP) is 3.26. The van der Waals surface area contributed by atoms with Crippen LogP contribution in [0.15, 0.2) is 18.2 Å². The lowest BCUT2D eigenvalue weighted by molar-refractivity contribution is 0.199. The molecule has 0 spiro atoms. The number of hydrogen-bond donors (Lipinski definition) is 1. The van der Waals surface area contributed by atoms with E-state index in [4.69, 9.17) is 0 Å². The summed E-state index contributed by atoms with van der Waals surface area (Å²) in [6.45, 7) is 4.71. The van der Waals surface area contributed by atoms with Crippen molar-refractivity contribution in [3.05, 3.63) is 29.6 Å². The number of benzene rings is 1. The van der Waals surface area contributed by atoms with Gasteiger partial charge in [-0.3, -0.25) is 0 Å². The van der Waals surface area contributed by atoms with Gasteiger partial charge in [-0.05, 0) is 32.3 Å². The molecular weight excluding hydrogens is 217 g/mol. The molecule has 2 nitrogen and oxygen atoms in total. The highest BCUT2D eigenvalue weighted by atomic mass is 19.1. The minimum atomic E-state index is -0.626. The molecule has 1 unspecified atom stereocenters. The molecule has 1 saturated heterocycles. The van der Waals surface area contributed by atoms with Gasteiger partial charge in [0.25, 0.3) is 0 Å². The van der Waals surface area contributed by atoms with Crippen LogP contribution < -0.4 is 4.90 Å². The van der Waals surface area contributed by atoms with Gasteiger partial charge in [-0.2, -0.15) is 0 Å². The smallest absolute Gasteiger partial charge is 0.146 e. The van der Waals surface area contributed by atoms with Gasteiger partial charge < -0.3 is 10.0 Å². The van der Waals surface area contributed by atoms with Crippen LogP contribution in [0.3, 0.4) is 0 Å². The number of nitrogens with zero attached hydrogens (tertiary/aromatic N) is 1. The van der Waals surface area contributed by atoms with Crippen molar-refractivity contribution in [1.82, 2.24) is 0 Å². The zero-order valence-corrected chi connectivity index (χ0v) is 10.5. The highest BCUT2D eigenvalue weighted by Gasteiger charge is 2.28. The zero-order valence-electron chi connectivity index (χ0n) is 10.5. The minimum absolute atomic E-state index is 0.219. The number of para-hydroxylation sites is 1. The van der Waals surface area contributed by atoms with Crippen LogP contribution in [0.25, 0.3) is 0 Å². The Kier molecular flexibility index (Phi) is 3.67. The van der Waals surface area contributed by atoms with Gasteiger partial charge in [0.2, 0.25) is 0 Å². The average Bonchev–Trinajstić information content (AvgIpc) is 2.76. The third kappa shape index (κ3) is 2.29. The van der Waals surface area contributed by atoms with Crippen LogP contribution in [0.2, 0.25) is 0 Å². The minimum Gasteiger partial charge on any atom is -0.389 e. The third-order valence-electron chi connectivity index (χ3n) is 3.60. The Morgan fingerprint density at radius 2 is 2.29 bits per heavy atom. The predicted molar refractivity (Wildman–Crippen MR) is 67.7 cm³/mol. The van der Waals surface area contributed by atoms with Crippen molar-refractivity contribution in [2.75, 3.05) is 11.4 Å². The van der Waals surface area contributed by atoms with Crippen molar-refractivity contribution in [3.63, 3.8) is 0 Å². The van der Waals surface area contributed by atoms with Crippen LogP contribution in [0, 0.1) is 5.82 Å². The molecule has 1 aromatic rings. The second-order valence-electron chi connectivity index (χ2n) is 4.75. The highest BCUT2D eigenvalue weighted by molar-refractivity contribution is 5.57. The van der Waals surface area contributed by atoms with Crippen LogP contribution in [-0.4, -0.2) is 17.7 Å². The molecule has 17 heavy (non-hydrogen) atoms. The molecule has 0 aliphatic carbocycles. The molecule has 1 aliphatic heterocycles. The second kappa shape index (κ2) is 5.05. The Balaban J connectivity index is 2.42. The van der Waals surface area contributed by atoms with Gasteiger partial charge in [0.05, 0.1) is 11.8 Å². The molecule has 0 bridgehead atoms. The molecule has 1 fully saturated rings. The maximum Gasteiger partial charge on any atom is 0.146 e. The first-order valence-electron chi connectivity index (χ1n) is 6.38. The molecule has 1 aliphatic rings. The van der Waals surface area contributed by atoms with Crippen molar-refractivity contribution in [1.29, 1.82) is 0 Å². The summed E-state index contributed by atoms with van der Waals surface area (Å²) in [6.07, 6.45) is 2.61. The van der Waals surface area contributed by atoms with E-state index in [0.29, 0.717) is 17.3 Å². The van der Waals surface area contributed by atoms with Crippen molar-refractivity contribution >= 4 is 5.69 Å². The fraction of sp³-hybridized carbons (Fsp3) is 0.571. The summed E-state index contributed by atoms with van der Waals surface area (Å²) >= 11 is 0. The van der Waals surface area contributed by atoms with Crippen LogP contribution in [0.5, 0.6) is 0 Å². The Hall–Kier alpha value is -1.09. The molecule has 1 heterocycles. The highest BCUT2D eigenvalue weighted by Crippen LogP contribution is 2.35. The van der Waals surface area contributed by atoms with E-state index in [1.807, 2.05) is 6.07 Å². The van der Waals surface area contributed by atoms with Crippen LogP contribution >= 0.6 is 0 Å². The standard InChI is InChI=1S/C14H20FNO/c1-3-11-6-5-9-16(11)14-12(10(2)17)7-4-8-13(14)15/h4,7-8,10-11,17H,3,5-6,9H2,1-2H3/t10-,11?/m0/s1. The quantitative estimate of drug-likeness (QED) is 0.872. The normalized spacial score (nSPS) is 21.9. The summed E-state index contributed by atoms with van der Waals surface area (Å²) in [7, 11) is 0. The molecule has 0 amide bonds. The zero-order chi connectivity index (χ0) is 12.4. The van der Waals surface area contributed by atoms with Gasteiger partial charge in [-0.1, -0.05) is 19.1 Å². The van der Waals surface area contributed by atoms with Gasteiger partial charge in [0, 0.05) is 18.2 Å². The van der Waals surface area contributed by atoms with E-state index in [1.165, 1.54) is 6.07 Å². The van der Waals surface area contributed by atoms with Gasteiger partial charge >= 0.3 is 0 Å². The molecule has 1 aromatic carbocycles. The van der Waals surface area contributed by atoms with Crippen molar-refractivity contribution < 1.29 is 9.50 Å². The first-order valence-corrected chi connectivity index (χ1v) is 6.38. The van der Waals surface area contributed by atoms with E-state index in [0.717, 1.165) is 25.8 Å². The van der Waals surface area contributed by atoms with E-state index in [1.54, 1.807) is 13.0 Å². The lowest BCUT2D eigenvalue weighted by Gasteiger charge is -2.29. The molecule has 0 radical (unpaired) electrons. The summed E-state index contributed by atoms with van der Waals surface area (Å²) in [4.78, 5) is 2.12. The Morgan fingerprint density at radius 1 is 1.53 bits per heavy atom. The summed E-state index contributed by atoms with van der Waals surface area (Å²) in [5.74, 6) is -0.219. The van der Waals surface area contributed by atoms with Crippen LogP contribution in [-0.2, 0) is 0 Å². The molecule has 1 N–H and O–H groups in total. The summed E-state index contributed by atoms with van der Waals surface area (Å²) < 4.78 is 14.0. The van der Waals surface area contributed by atoms with Gasteiger partial charge in [0.15, 0.2) is 0 Å². The Labute approximate surface area is 102 Å². The lowest BCUT2D eigenvalue weighted by Crippen LogP contribution is -2.30. The maximum atomic E-state index is 14.0. The van der Waals surface area contributed by atoms with Crippen molar-refractivity contribution in [2.24, 2.45) is 0 Å². The summed E-state index contributed by atoms with van der Waals surface area (Å²) in [6, 6.07) is 5.36. The lowest BCUT2D eigenvalue weighted by atomic mass is 10.1. The number of anilines is 1.